The van der Waals surface area contributed by atoms with E-state index in [9.17, 15) is 9.59 Å². The smallest absolute Gasteiger partial charge is 0.311 e. The van der Waals surface area contributed by atoms with Crippen molar-refractivity contribution >= 4 is 11.9 Å². The quantitative estimate of drug-likeness (QED) is 0.765. The Kier molecular flexibility index (Phi) is 3.09. The van der Waals surface area contributed by atoms with E-state index in [4.69, 9.17) is 9.84 Å². The number of amides is 1. The highest BCUT2D eigenvalue weighted by molar-refractivity contribution is 5.81. The van der Waals surface area contributed by atoms with Crippen LogP contribution in [0, 0.1) is 23.7 Å². The highest BCUT2D eigenvalue weighted by Gasteiger charge is 2.45. The molecule has 1 saturated carbocycles. The normalized spacial score (nSPS) is 39.7. The maximum absolute atomic E-state index is 12.5. The molecule has 3 rings (SSSR count). The lowest BCUT2D eigenvalue weighted by atomic mass is 9.91. The average molecular weight is 265 g/mol. The maximum Gasteiger partial charge on any atom is 0.311 e. The molecule has 5 heteroatoms. The molecular weight excluding hydrogens is 246 g/mol. The second kappa shape index (κ2) is 4.63. The number of aliphatic carboxylic acids is 1. The average Bonchev–Trinajstić information content (AvgIpc) is 3.11. The van der Waals surface area contributed by atoms with Gasteiger partial charge in [0.05, 0.1) is 19.3 Å². The first-order chi connectivity index (χ1) is 9.08. The van der Waals surface area contributed by atoms with Crippen molar-refractivity contribution in [3.8, 4) is 0 Å². The highest BCUT2D eigenvalue weighted by Crippen LogP contribution is 2.44. The molecule has 0 radical (unpaired) electrons. The molecule has 1 heterocycles. The fourth-order valence-corrected chi connectivity index (χ4v) is 3.65. The number of rotatable bonds is 3. The van der Waals surface area contributed by atoms with E-state index >= 15 is 0 Å². The van der Waals surface area contributed by atoms with Crippen molar-refractivity contribution in [2.24, 2.45) is 23.7 Å². The molecule has 2 bridgehead atoms. The molecular formula is C14H19NO4. The molecule has 1 N–H and O–H groups in total. The molecule has 0 aromatic heterocycles. The Hall–Kier alpha value is -1.36. The number of hydrogen-bond acceptors (Lipinski definition) is 3. The predicted octanol–water partition coefficient (Wildman–Crippen LogP) is 0.757. The molecule has 1 aliphatic heterocycles. The largest absolute Gasteiger partial charge is 0.481 e. The van der Waals surface area contributed by atoms with Crippen molar-refractivity contribution in [1.82, 2.24) is 4.90 Å². The highest BCUT2D eigenvalue weighted by atomic mass is 16.5. The second-order valence-corrected chi connectivity index (χ2v) is 5.89. The summed E-state index contributed by atoms with van der Waals surface area (Å²) in [5, 5.41) is 9.16. The lowest BCUT2D eigenvalue weighted by molar-refractivity contribution is -0.145. The van der Waals surface area contributed by atoms with E-state index in [2.05, 4.69) is 12.2 Å². The van der Waals surface area contributed by atoms with Crippen molar-refractivity contribution < 1.29 is 19.4 Å². The van der Waals surface area contributed by atoms with Crippen molar-refractivity contribution in [3.05, 3.63) is 12.2 Å². The Morgan fingerprint density at radius 2 is 2.00 bits per heavy atom. The molecule has 1 amide bonds. The van der Waals surface area contributed by atoms with Gasteiger partial charge in [-0.3, -0.25) is 9.59 Å². The number of fused-ring (bicyclic) bond motifs is 2. The Bertz CT molecular complexity index is 433. The van der Waals surface area contributed by atoms with Gasteiger partial charge in [0.25, 0.3) is 0 Å². The lowest BCUT2D eigenvalue weighted by Crippen LogP contribution is -2.47. The number of carbonyl (C=O) groups is 2. The van der Waals surface area contributed by atoms with Crippen LogP contribution in [0.15, 0.2) is 12.2 Å². The third kappa shape index (κ3) is 2.06. The van der Waals surface area contributed by atoms with Crippen LogP contribution in [0.3, 0.4) is 0 Å². The summed E-state index contributed by atoms with van der Waals surface area (Å²) in [6.07, 6.45) is 6.33. The molecule has 2 fully saturated rings. The zero-order chi connectivity index (χ0) is 13.6. The Balaban J connectivity index is 1.70. The third-order valence-electron chi connectivity index (χ3n) is 4.81. The Morgan fingerprint density at radius 3 is 2.58 bits per heavy atom. The monoisotopic (exact) mass is 265 g/mol. The molecule has 104 valence electrons. The molecule has 3 aliphatic rings. The van der Waals surface area contributed by atoms with E-state index in [1.54, 1.807) is 11.9 Å². The summed E-state index contributed by atoms with van der Waals surface area (Å²) < 4.78 is 5.24. The van der Waals surface area contributed by atoms with Gasteiger partial charge in [-0.15, -0.1) is 0 Å². The minimum atomic E-state index is -0.880. The molecule has 19 heavy (non-hydrogen) atoms. The number of carbonyl (C=O) groups excluding carboxylic acids is 1. The van der Waals surface area contributed by atoms with Crippen LogP contribution in [0.2, 0.25) is 0 Å². The van der Waals surface area contributed by atoms with Gasteiger partial charge >= 0.3 is 5.97 Å². The number of hydrogen-bond donors (Lipinski definition) is 1. The first-order valence-electron chi connectivity index (χ1n) is 6.83. The van der Waals surface area contributed by atoms with Gasteiger partial charge in [-0.05, 0) is 24.7 Å². The summed E-state index contributed by atoms with van der Waals surface area (Å²) in [6, 6.07) is -0.326. The Labute approximate surface area is 112 Å². The predicted molar refractivity (Wildman–Crippen MR) is 67.3 cm³/mol. The summed E-state index contributed by atoms with van der Waals surface area (Å²) in [5.41, 5.74) is 0. The minimum Gasteiger partial charge on any atom is -0.481 e. The van der Waals surface area contributed by atoms with Crippen LogP contribution in [-0.4, -0.2) is 48.2 Å². The first-order valence-corrected chi connectivity index (χ1v) is 6.83. The van der Waals surface area contributed by atoms with Crippen LogP contribution >= 0.6 is 0 Å². The van der Waals surface area contributed by atoms with Gasteiger partial charge in [0.2, 0.25) is 5.91 Å². The number of likely N-dealkylation sites (N-methyl/N-ethyl adjacent to an activating group) is 1. The van der Waals surface area contributed by atoms with E-state index in [0.717, 1.165) is 12.8 Å². The molecule has 1 saturated heterocycles. The zero-order valence-electron chi connectivity index (χ0n) is 11.0. The summed E-state index contributed by atoms with van der Waals surface area (Å²) in [6.45, 7) is 0.532. The van der Waals surface area contributed by atoms with E-state index in [-0.39, 0.29) is 24.5 Å². The minimum absolute atomic E-state index is 0.0371. The number of ether oxygens (including phenoxy) is 1. The van der Waals surface area contributed by atoms with Crippen molar-refractivity contribution in [3.63, 3.8) is 0 Å². The second-order valence-electron chi connectivity index (χ2n) is 5.89. The SMILES string of the molecule is CN(C(=O)C1CC2C=CC1C2)C1COCC1C(=O)O. The summed E-state index contributed by atoms with van der Waals surface area (Å²) in [7, 11) is 1.72. The number of carboxylic acid groups (broad SMARTS) is 1. The van der Waals surface area contributed by atoms with Crippen LogP contribution in [0.4, 0.5) is 0 Å². The fourth-order valence-electron chi connectivity index (χ4n) is 3.65. The number of allylic oxidation sites excluding steroid dienone is 2. The summed E-state index contributed by atoms with van der Waals surface area (Å²) >= 11 is 0. The van der Waals surface area contributed by atoms with E-state index in [1.807, 2.05) is 0 Å². The molecule has 5 unspecified atom stereocenters. The molecule has 0 spiro atoms. The molecule has 5 nitrogen and oxygen atoms in total. The molecule has 0 aromatic rings. The van der Waals surface area contributed by atoms with Crippen molar-refractivity contribution in [2.75, 3.05) is 20.3 Å². The van der Waals surface area contributed by atoms with Crippen LogP contribution in [0.5, 0.6) is 0 Å². The third-order valence-corrected chi connectivity index (χ3v) is 4.81. The van der Waals surface area contributed by atoms with Crippen LogP contribution in [-0.2, 0) is 14.3 Å². The van der Waals surface area contributed by atoms with Gasteiger partial charge in [0, 0.05) is 13.0 Å². The lowest BCUT2D eigenvalue weighted by Gasteiger charge is -2.30. The van der Waals surface area contributed by atoms with Crippen LogP contribution < -0.4 is 0 Å². The van der Waals surface area contributed by atoms with Gasteiger partial charge in [0.1, 0.15) is 5.92 Å². The Morgan fingerprint density at radius 1 is 1.21 bits per heavy atom. The van der Waals surface area contributed by atoms with Crippen LogP contribution in [0.25, 0.3) is 0 Å². The molecule has 2 aliphatic carbocycles. The standard InChI is InChI=1S/C14H19NO4/c1-15(12-7-19-6-11(12)14(17)18)13(16)10-5-8-2-3-9(10)4-8/h2-3,8-12H,4-7H2,1H3,(H,17,18). The molecule has 0 aromatic carbocycles. The van der Waals surface area contributed by atoms with Gasteiger partial charge in [-0.25, -0.2) is 0 Å². The summed E-state index contributed by atoms with van der Waals surface area (Å²) in [5.74, 6) is -0.459. The van der Waals surface area contributed by atoms with Crippen molar-refractivity contribution in [1.29, 1.82) is 0 Å². The van der Waals surface area contributed by atoms with E-state index in [1.165, 1.54) is 0 Å². The van der Waals surface area contributed by atoms with E-state index < -0.39 is 11.9 Å². The number of carboxylic acids is 1. The first kappa shape index (κ1) is 12.7. The van der Waals surface area contributed by atoms with Gasteiger partial charge < -0.3 is 14.7 Å². The number of nitrogens with zero attached hydrogens (tertiary/aromatic N) is 1. The topological polar surface area (TPSA) is 66.8 Å². The maximum atomic E-state index is 12.5. The van der Waals surface area contributed by atoms with Gasteiger partial charge in [-0.2, -0.15) is 0 Å². The van der Waals surface area contributed by atoms with Crippen LogP contribution in [0.1, 0.15) is 12.8 Å². The summed E-state index contributed by atoms with van der Waals surface area (Å²) in [4.78, 5) is 25.3. The van der Waals surface area contributed by atoms with Gasteiger partial charge in [-0.1, -0.05) is 12.2 Å². The zero-order valence-corrected chi connectivity index (χ0v) is 11.0. The van der Waals surface area contributed by atoms with E-state index in [0.29, 0.717) is 18.4 Å². The fraction of sp³-hybridized carbons (Fsp3) is 0.714. The van der Waals surface area contributed by atoms with Crippen molar-refractivity contribution in [2.45, 2.75) is 18.9 Å². The van der Waals surface area contributed by atoms with Gasteiger partial charge in [0.15, 0.2) is 0 Å². The molecule has 5 atom stereocenters.